The number of nitrogens with one attached hydrogen (secondary N) is 3. The summed E-state index contributed by atoms with van der Waals surface area (Å²) >= 11 is 0. The monoisotopic (exact) mass is 404 g/mol. The van der Waals surface area contributed by atoms with Crippen molar-refractivity contribution in [2.24, 2.45) is 4.99 Å². The normalized spacial score (nSPS) is 11.2. The number of amides is 1. The summed E-state index contributed by atoms with van der Waals surface area (Å²) in [6, 6.07) is 17.9. The molecule has 0 saturated carbocycles. The molecule has 156 valence electrons. The Morgan fingerprint density at radius 3 is 2.37 bits per heavy atom. The van der Waals surface area contributed by atoms with Gasteiger partial charge < -0.3 is 16.0 Å². The smallest absolute Gasteiger partial charge is 0.251 e. The SMILES string of the molecule is CCNC(=O)c1ccc(CNC(=NC)NCCc2ccc(-n3cccn3)cc2)cc1. The lowest BCUT2D eigenvalue weighted by Gasteiger charge is -2.12. The molecule has 0 aliphatic heterocycles. The van der Waals surface area contributed by atoms with Gasteiger partial charge in [-0.1, -0.05) is 24.3 Å². The minimum Gasteiger partial charge on any atom is -0.356 e. The summed E-state index contributed by atoms with van der Waals surface area (Å²) in [7, 11) is 1.76. The van der Waals surface area contributed by atoms with Gasteiger partial charge >= 0.3 is 0 Å². The molecular formula is C23H28N6O. The standard InChI is InChI=1S/C23H28N6O/c1-3-25-22(30)20-9-5-19(6-10-20)17-27-23(24-2)26-15-13-18-7-11-21(12-8-18)29-16-4-14-28-29/h4-12,14,16H,3,13,15,17H2,1-2H3,(H,25,30)(H2,24,26,27). The second-order valence-corrected chi connectivity index (χ2v) is 6.78. The first kappa shape index (κ1) is 21.1. The van der Waals surface area contributed by atoms with Gasteiger partial charge in [-0.3, -0.25) is 9.79 Å². The van der Waals surface area contributed by atoms with E-state index in [0.717, 1.165) is 30.2 Å². The zero-order chi connectivity index (χ0) is 21.2. The predicted molar refractivity (Wildman–Crippen MR) is 120 cm³/mol. The Balaban J connectivity index is 1.43. The van der Waals surface area contributed by atoms with Crippen LogP contribution in [0.5, 0.6) is 0 Å². The molecule has 0 saturated heterocycles. The van der Waals surface area contributed by atoms with E-state index in [9.17, 15) is 4.79 Å². The zero-order valence-corrected chi connectivity index (χ0v) is 17.4. The van der Waals surface area contributed by atoms with Gasteiger partial charge in [-0.05, 0) is 54.8 Å². The molecule has 0 atom stereocenters. The van der Waals surface area contributed by atoms with Crippen LogP contribution in [0.1, 0.15) is 28.4 Å². The van der Waals surface area contributed by atoms with Gasteiger partial charge in [0.05, 0.1) is 5.69 Å². The van der Waals surface area contributed by atoms with Crippen molar-refractivity contribution in [1.82, 2.24) is 25.7 Å². The lowest BCUT2D eigenvalue weighted by molar-refractivity contribution is 0.0956. The van der Waals surface area contributed by atoms with Crippen molar-refractivity contribution < 1.29 is 4.79 Å². The molecule has 3 N–H and O–H groups in total. The van der Waals surface area contributed by atoms with Gasteiger partial charge in [0.2, 0.25) is 0 Å². The van der Waals surface area contributed by atoms with Gasteiger partial charge in [-0.2, -0.15) is 5.10 Å². The third-order valence-electron chi connectivity index (χ3n) is 4.65. The average molecular weight is 405 g/mol. The van der Waals surface area contributed by atoms with Crippen molar-refractivity contribution in [2.75, 3.05) is 20.1 Å². The third-order valence-corrected chi connectivity index (χ3v) is 4.65. The molecule has 0 radical (unpaired) electrons. The molecule has 0 unspecified atom stereocenters. The molecule has 0 aliphatic carbocycles. The quantitative estimate of drug-likeness (QED) is 0.398. The summed E-state index contributed by atoms with van der Waals surface area (Å²) in [6.07, 6.45) is 4.59. The molecule has 7 nitrogen and oxygen atoms in total. The number of benzene rings is 2. The maximum Gasteiger partial charge on any atom is 0.251 e. The molecular weight excluding hydrogens is 376 g/mol. The van der Waals surface area contributed by atoms with Gasteiger partial charge in [0, 0.05) is 44.6 Å². The van der Waals surface area contributed by atoms with Crippen LogP contribution < -0.4 is 16.0 Å². The van der Waals surface area contributed by atoms with E-state index in [2.05, 4.69) is 50.3 Å². The van der Waals surface area contributed by atoms with Crippen LogP contribution in [0.2, 0.25) is 0 Å². The van der Waals surface area contributed by atoms with Crippen LogP contribution in [0.15, 0.2) is 72.0 Å². The van der Waals surface area contributed by atoms with E-state index >= 15 is 0 Å². The van der Waals surface area contributed by atoms with Crippen LogP contribution in [0.4, 0.5) is 0 Å². The number of carbonyl (C=O) groups is 1. The number of nitrogens with zero attached hydrogens (tertiary/aromatic N) is 3. The summed E-state index contributed by atoms with van der Waals surface area (Å²) in [5.74, 6) is 0.697. The molecule has 1 amide bonds. The van der Waals surface area contributed by atoms with Crippen LogP contribution in [0.25, 0.3) is 5.69 Å². The first-order valence-corrected chi connectivity index (χ1v) is 10.1. The summed E-state index contributed by atoms with van der Waals surface area (Å²) in [6.45, 7) is 3.94. The highest BCUT2D eigenvalue weighted by Crippen LogP contribution is 2.09. The van der Waals surface area contributed by atoms with E-state index in [0.29, 0.717) is 18.7 Å². The molecule has 0 aliphatic rings. The molecule has 7 heteroatoms. The zero-order valence-electron chi connectivity index (χ0n) is 17.4. The Hall–Kier alpha value is -3.61. The maximum atomic E-state index is 11.8. The maximum absolute atomic E-state index is 11.8. The Morgan fingerprint density at radius 2 is 1.73 bits per heavy atom. The number of aromatic nitrogens is 2. The summed E-state index contributed by atoms with van der Waals surface area (Å²) in [4.78, 5) is 16.1. The highest BCUT2D eigenvalue weighted by atomic mass is 16.1. The average Bonchev–Trinajstić information content (AvgIpc) is 3.32. The Kier molecular flexibility index (Phi) is 7.60. The van der Waals surface area contributed by atoms with Crippen molar-refractivity contribution in [3.8, 4) is 5.69 Å². The molecule has 30 heavy (non-hydrogen) atoms. The van der Waals surface area contributed by atoms with Gasteiger partial charge in [0.25, 0.3) is 5.91 Å². The van der Waals surface area contributed by atoms with Gasteiger partial charge in [0.1, 0.15) is 0 Å². The van der Waals surface area contributed by atoms with E-state index in [1.54, 1.807) is 13.2 Å². The summed E-state index contributed by atoms with van der Waals surface area (Å²) < 4.78 is 1.84. The van der Waals surface area contributed by atoms with Gasteiger partial charge in [-0.15, -0.1) is 0 Å². The first-order valence-electron chi connectivity index (χ1n) is 10.1. The van der Waals surface area contributed by atoms with Crippen molar-refractivity contribution in [3.63, 3.8) is 0 Å². The van der Waals surface area contributed by atoms with Crippen molar-refractivity contribution in [2.45, 2.75) is 19.9 Å². The van der Waals surface area contributed by atoms with E-state index in [4.69, 9.17) is 0 Å². The summed E-state index contributed by atoms with van der Waals surface area (Å²) in [5, 5.41) is 13.7. The molecule has 2 aromatic carbocycles. The van der Waals surface area contributed by atoms with Crippen LogP contribution in [0.3, 0.4) is 0 Å². The molecule has 0 fully saturated rings. The second-order valence-electron chi connectivity index (χ2n) is 6.78. The number of hydrogen-bond acceptors (Lipinski definition) is 3. The molecule has 3 aromatic rings. The van der Waals surface area contributed by atoms with Gasteiger partial charge in [-0.25, -0.2) is 4.68 Å². The van der Waals surface area contributed by atoms with E-state index < -0.39 is 0 Å². The number of rotatable bonds is 8. The van der Waals surface area contributed by atoms with Crippen molar-refractivity contribution in [3.05, 3.63) is 83.7 Å². The fourth-order valence-corrected chi connectivity index (χ4v) is 3.01. The fraction of sp³-hybridized carbons (Fsp3) is 0.261. The lowest BCUT2D eigenvalue weighted by atomic mass is 10.1. The second kappa shape index (κ2) is 10.8. The van der Waals surface area contributed by atoms with Crippen molar-refractivity contribution in [1.29, 1.82) is 0 Å². The first-order chi connectivity index (χ1) is 14.7. The Labute approximate surface area is 177 Å². The molecule has 1 heterocycles. The third kappa shape index (κ3) is 5.94. The van der Waals surface area contributed by atoms with E-state index in [1.165, 1.54) is 5.56 Å². The lowest BCUT2D eigenvalue weighted by Crippen LogP contribution is -2.37. The van der Waals surface area contributed by atoms with Crippen LogP contribution in [-0.2, 0) is 13.0 Å². The fourth-order valence-electron chi connectivity index (χ4n) is 3.01. The highest BCUT2D eigenvalue weighted by molar-refractivity contribution is 5.94. The number of hydrogen-bond donors (Lipinski definition) is 3. The summed E-state index contributed by atoms with van der Waals surface area (Å²) in [5.41, 5.74) is 4.05. The largest absolute Gasteiger partial charge is 0.356 e. The number of guanidine groups is 1. The van der Waals surface area contributed by atoms with Crippen LogP contribution in [-0.4, -0.2) is 41.8 Å². The Bertz CT molecular complexity index is 946. The van der Waals surface area contributed by atoms with E-state index in [1.807, 2.05) is 48.1 Å². The number of carbonyl (C=O) groups excluding carboxylic acids is 1. The topological polar surface area (TPSA) is 83.3 Å². The highest BCUT2D eigenvalue weighted by Gasteiger charge is 2.04. The van der Waals surface area contributed by atoms with Crippen LogP contribution >= 0.6 is 0 Å². The Morgan fingerprint density at radius 1 is 1.00 bits per heavy atom. The molecule has 0 spiro atoms. The van der Waals surface area contributed by atoms with Crippen molar-refractivity contribution >= 4 is 11.9 Å². The van der Waals surface area contributed by atoms with Crippen LogP contribution in [0, 0.1) is 0 Å². The minimum atomic E-state index is -0.0489. The molecule has 3 rings (SSSR count). The minimum absolute atomic E-state index is 0.0489. The number of aliphatic imine (C=N–C) groups is 1. The van der Waals surface area contributed by atoms with Gasteiger partial charge in [0.15, 0.2) is 5.96 Å². The predicted octanol–water partition coefficient (Wildman–Crippen LogP) is 2.53. The molecule has 1 aromatic heterocycles. The van der Waals surface area contributed by atoms with E-state index in [-0.39, 0.29) is 5.91 Å². The molecule has 0 bridgehead atoms.